The molecular formula is C12H18N2O3S. The molecule has 6 heteroatoms. The fraction of sp³-hybridized carbons (Fsp3) is 0.750. The van der Waals surface area contributed by atoms with E-state index in [0.717, 1.165) is 37.3 Å². The molecule has 0 bridgehead atoms. The van der Waals surface area contributed by atoms with Crippen molar-refractivity contribution in [3.8, 4) is 0 Å². The van der Waals surface area contributed by atoms with Crippen LogP contribution in [0.2, 0.25) is 0 Å². The number of hydrogen-bond donors (Lipinski definition) is 1. The summed E-state index contributed by atoms with van der Waals surface area (Å²) in [5.41, 5.74) is 1.03. The summed E-state index contributed by atoms with van der Waals surface area (Å²) in [5, 5.41) is 9.62. The molecule has 100 valence electrons. The molecule has 3 heterocycles. The van der Waals surface area contributed by atoms with Crippen molar-refractivity contribution in [2.75, 3.05) is 11.5 Å². The number of aliphatic hydroxyl groups excluding tert-OH is 1. The van der Waals surface area contributed by atoms with E-state index in [4.69, 9.17) is 0 Å². The lowest BCUT2D eigenvalue weighted by molar-refractivity contribution is 0.142. The average Bonchev–Trinajstić information content (AvgIpc) is 2.70. The number of nitrogens with zero attached hydrogens (tertiary/aromatic N) is 2. The summed E-state index contributed by atoms with van der Waals surface area (Å²) in [6.07, 6.45) is 4.51. The van der Waals surface area contributed by atoms with Crippen LogP contribution in [0.3, 0.4) is 0 Å². The minimum atomic E-state index is -2.90. The van der Waals surface area contributed by atoms with Crippen molar-refractivity contribution in [1.29, 1.82) is 0 Å². The maximum absolute atomic E-state index is 11.7. The van der Waals surface area contributed by atoms with Crippen LogP contribution in [-0.4, -0.2) is 40.7 Å². The first kappa shape index (κ1) is 12.2. The molecule has 1 N–H and O–H groups in total. The summed E-state index contributed by atoms with van der Waals surface area (Å²) in [4.78, 5) is 4.41. The summed E-state index contributed by atoms with van der Waals surface area (Å²) >= 11 is 0. The van der Waals surface area contributed by atoms with Crippen LogP contribution in [0.4, 0.5) is 0 Å². The second-order valence-corrected chi connectivity index (χ2v) is 7.59. The van der Waals surface area contributed by atoms with Crippen molar-refractivity contribution in [3.05, 3.63) is 17.7 Å². The molecule has 0 aromatic carbocycles. The molecule has 0 spiro atoms. The van der Waals surface area contributed by atoms with Gasteiger partial charge >= 0.3 is 0 Å². The Hall–Kier alpha value is -0.880. The SMILES string of the molecule is O=S1(=O)CCCC(c2ncc3n2CCC(O)C3)C1. The zero-order chi connectivity index (χ0) is 12.8. The number of imidazole rings is 1. The first-order chi connectivity index (χ1) is 8.55. The number of sulfone groups is 1. The van der Waals surface area contributed by atoms with E-state index in [1.54, 1.807) is 6.20 Å². The van der Waals surface area contributed by atoms with Gasteiger partial charge in [-0.15, -0.1) is 0 Å². The van der Waals surface area contributed by atoms with Crippen molar-refractivity contribution in [1.82, 2.24) is 9.55 Å². The Kier molecular flexibility index (Phi) is 2.94. The van der Waals surface area contributed by atoms with E-state index < -0.39 is 9.84 Å². The molecule has 5 nitrogen and oxygen atoms in total. The van der Waals surface area contributed by atoms with Crippen molar-refractivity contribution < 1.29 is 13.5 Å². The number of aromatic nitrogens is 2. The van der Waals surface area contributed by atoms with Crippen molar-refractivity contribution in [3.63, 3.8) is 0 Å². The first-order valence-corrected chi connectivity index (χ1v) is 8.30. The number of aliphatic hydroxyl groups is 1. The zero-order valence-corrected chi connectivity index (χ0v) is 11.1. The van der Waals surface area contributed by atoms with Gasteiger partial charge in [0.15, 0.2) is 9.84 Å². The van der Waals surface area contributed by atoms with Crippen LogP contribution >= 0.6 is 0 Å². The molecule has 1 fully saturated rings. The maximum atomic E-state index is 11.7. The Morgan fingerprint density at radius 2 is 2.22 bits per heavy atom. The molecule has 0 radical (unpaired) electrons. The highest BCUT2D eigenvalue weighted by Gasteiger charge is 2.30. The molecule has 1 aromatic heterocycles. The quantitative estimate of drug-likeness (QED) is 0.806. The highest BCUT2D eigenvalue weighted by Crippen LogP contribution is 2.30. The molecule has 0 saturated carbocycles. The van der Waals surface area contributed by atoms with E-state index in [2.05, 4.69) is 9.55 Å². The zero-order valence-electron chi connectivity index (χ0n) is 10.2. The molecule has 1 aromatic rings. The third kappa shape index (κ3) is 2.19. The van der Waals surface area contributed by atoms with Crippen LogP contribution in [0.15, 0.2) is 6.20 Å². The highest BCUT2D eigenvalue weighted by molar-refractivity contribution is 7.91. The van der Waals surface area contributed by atoms with Gasteiger partial charge in [0.1, 0.15) is 5.82 Å². The van der Waals surface area contributed by atoms with Gasteiger partial charge in [-0.2, -0.15) is 0 Å². The highest BCUT2D eigenvalue weighted by atomic mass is 32.2. The Bertz CT molecular complexity index is 550. The molecule has 2 aliphatic rings. The fourth-order valence-electron chi connectivity index (χ4n) is 3.02. The molecule has 0 aliphatic carbocycles. The predicted molar refractivity (Wildman–Crippen MR) is 67.2 cm³/mol. The van der Waals surface area contributed by atoms with Crippen molar-refractivity contribution >= 4 is 9.84 Å². The van der Waals surface area contributed by atoms with E-state index in [9.17, 15) is 13.5 Å². The molecule has 18 heavy (non-hydrogen) atoms. The largest absolute Gasteiger partial charge is 0.393 e. The summed E-state index contributed by atoms with van der Waals surface area (Å²) in [6, 6.07) is 0. The molecular weight excluding hydrogens is 252 g/mol. The fourth-order valence-corrected chi connectivity index (χ4v) is 4.72. The van der Waals surface area contributed by atoms with Gasteiger partial charge in [0.25, 0.3) is 0 Å². The Morgan fingerprint density at radius 1 is 1.39 bits per heavy atom. The average molecular weight is 270 g/mol. The molecule has 2 unspecified atom stereocenters. The van der Waals surface area contributed by atoms with Gasteiger partial charge in [0.2, 0.25) is 0 Å². The van der Waals surface area contributed by atoms with E-state index >= 15 is 0 Å². The third-order valence-corrected chi connectivity index (χ3v) is 5.75. The summed E-state index contributed by atoms with van der Waals surface area (Å²) < 4.78 is 25.5. The lowest BCUT2D eigenvalue weighted by Crippen LogP contribution is -2.29. The predicted octanol–water partition coefficient (Wildman–Crippen LogP) is 0.482. The van der Waals surface area contributed by atoms with Gasteiger partial charge in [-0.3, -0.25) is 0 Å². The standard InChI is InChI=1S/C12H18N2O3S/c15-11-3-4-14-10(6-11)7-13-12(14)9-2-1-5-18(16,17)8-9/h7,9,11,15H,1-6,8H2. The van der Waals surface area contributed by atoms with Crippen LogP contribution in [0, 0.1) is 0 Å². The maximum Gasteiger partial charge on any atom is 0.151 e. The molecule has 0 amide bonds. The molecule has 2 aliphatic heterocycles. The van der Waals surface area contributed by atoms with Gasteiger partial charge in [-0.1, -0.05) is 0 Å². The van der Waals surface area contributed by atoms with Gasteiger partial charge in [-0.05, 0) is 19.3 Å². The van der Waals surface area contributed by atoms with E-state index in [1.807, 2.05) is 0 Å². The van der Waals surface area contributed by atoms with Crippen LogP contribution in [0.5, 0.6) is 0 Å². The summed E-state index contributed by atoms with van der Waals surface area (Å²) in [5.74, 6) is 1.48. The van der Waals surface area contributed by atoms with Gasteiger partial charge in [-0.25, -0.2) is 13.4 Å². The second kappa shape index (κ2) is 4.35. The summed E-state index contributed by atoms with van der Waals surface area (Å²) in [7, 11) is -2.90. The van der Waals surface area contributed by atoms with Gasteiger partial charge in [0, 0.05) is 30.8 Å². The lowest BCUT2D eigenvalue weighted by atomic mass is 10.0. The topological polar surface area (TPSA) is 72.2 Å². The Labute approximate surface area is 107 Å². The summed E-state index contributed by atoms with van der Waals surface area (Å²) in [6.45, 7) is 0.752. The van der Waals surface area contributed by atoms with Crippen LogP contribution in [-0.2, 0) is 22.8 Å². The normalized spacial score (nSPS) is 30.9. The molecule has 2 atom stereocenters. The smallest absolute Gasteiger partial charge is 0.151 e. The Morgan fingerprint density at radius 3 is 3.00 bits per heavy atom. The molecule has 3 rings (SSSR count). The van der Waals surface area contributed by atoms with E-state index in [0.29, 0.717) is 12.2 Å². The number of rotatable bonds is 1. The van der Waals surface area contributed by atoms with Gasteiger partial charge < -0.3 is 9.67 Å². The monoisotopic (exact) mass is 270 g/mol. The third-order valence-electron chi connectivity index (χ3n) is 3.93. The van der Waals surface area contributed by atoms with Crippen LogP contribution < -0.4 is 0 Å². The van der Waals surface area contributed by atoms with E-state index in [1.165, 1.54) is 0 Å². The minimum absolute atomic E-state index is 0.0349. The van der Waals surface area contributed by atoms with Crippen molar-refractivity contribution in [2.45, 2.75) is 44.2 Å². The molecule has 1 saturated heterocycles. The number of hydrogen-bond acceptors (Lipinski definition) is 4. The Balaban J connectivity index is 1.89. The second-order valence-electron chi connectivity index (χ2n) is 5.36. The number of fused-ring (bicyclic) bond motifs is 1. The first-order valence-electron chi connectivity index (χ1n) is 6.48. The minimum Gasteiger partial charge on any atom is -0.393 e. The van der Waals surface area contributed by atoms with Crippen LogP contribution in [0.25, 0.3) is 0 Å². The van der Waals surface area contributed by atoms with Gasteiger partial charge in [0.05, 0.1) is 17.6 Å². The van der Waals surface area contributed by atoms with Crippen molar-refractivity contribution in [2.24, 2.45) is 0 Å². The lowest BCUT2D eigenvalue weighted by Gasteiger charge is -2.26. The van der Waals surface area contributed by atoms with Crippen LogP contribution in [0.1, 0.15) is 36.7 Å². The van der Waals surface area contributed by atoms with E-state index in [-0.39, 0.29) is 17.8 Å².